The molecule has 2 amide bonds. The Morgan fingerprint density at radius 3 is 2.38 bits per heavy atom. The minimum absolute atomic E-state index is 0.0206. The third-order valence-corrected chi connectivity index (χ3v) is 6.86. The van der Waals surface area contributed by atoms with E-state index in [1.54, 1.807) is 16.7 Å². The van der Waals surface area contributed by atoms with E-state index in [9.17, 15) is 18.4 Å². The predicted molar refractivity (Wildman–Crippen MR) is 129 cm³/mol. The highest BCUT2D eigenvalue weighted by molar-refractivity contribution is 5.94. The summed E-state index contributed by atoms with van der Waals surface area (Å²) in [6.45, 7) is 9.49. The van der Waals surface area contributed by atoms with Gasteiger partial charge in [0.15, 0.2) is 11.6 Å². The van der Waals surface area contributed by atoms with Crippen LogP contribution in [0.5, 0.6) is 0 Å². The van der Waals surface area contributed by atoms with Gasteiger partial charge in [-0.15, -0.1) is 0 Å². The van der Waals surface area contributed by atoms with E-state index in [0.29, 0.717) is 43.2 Å². The Labute approximate surface area is 202 Å². The Hall–Kier alpha value is -2.06. The molecule has 1 saturated heterocycles. The fourth-order valence-electron chi connectivity index (χ4n) is 4.86. The van der Waals surface area contributed by atoms with Crippen LogP contribution in [-0.4, -0.2) is 66.5 Å². The lowest BCUT2D eigenvalue weighted by molar-refractivity contribution is -0.132. The summed E-state index contributed by atoms with van der Waals surface area (Å²) in [5, 5.41) is 0. The molecule has 1 aromatic rings. The van der Waals surface area contributed by atoms with Gasteiger partial charge < -0.3 is 19.4 Å². The molecule has 0 N–H and O–H groups in total. The number of nitrogens with zero attached hydrogens (tertiary/aromatic N) is 3. The molecule has 2 heterocycles. The van der Waals surface area contributed by atoms with E-state index in [1.165, 1.54) is 0 Å². The number of anilines is 1. The fraction of sp³-hybridized carbons (Fsp3) is 0.692. The van der Waals surface area contributed by atoms with Gasteiger partial charge >= 0.3 is 0 Å². The number of fused-ring (bicyclic) bond motifs is 1. The Kier molecular flexibility index (Phi) is 9.83. The third kappa shape index (κ3) is 6.98. The highest BCUT2D eigenvalue weighted by Crippen LogP contribution is 2.28. The summed E-state index contributed by atoms with van der Waals surface area (Å²) in [5.74, 6) is -2.11. The lowest BCUT2D eigenvalue weighted by Gasteiger charge is -2.33. The molecule has 6 nitrogen and oxygen atoms in total. The molecule has 190 valence electrons. The molecule has 1 fully saturated rings. The minimum Gasteiger partial charge on any atom is -0.378 e. The zero-order valence-corrected chi connectivity index (χ0v) is 20.8. The fourth-order valence-corrected chi connectivity index (χ4v) is 4.86. The zero-order valence-electron chi connectivity index (χ0n) is 20.8. The number of benzene rings is 1. The molecule has 0 aliphatic carbocycles. The molecule has 0 aromatic heterocycles. The summed E-state index contributed by atoms with van der Waals surface area (Å²) in [4.78, 5) is 31.7. The van der Waals surface area contributed by atoms with Crippen molar-refractivity contribution in [3.05, 3.63) is 29.3 Å². The van der Waals surface area contributed by atoms with Crippen molar-refractivity contribution in [2.75, 3.05) is 37.7 Å². The smallest absolute Gasteiger partial charge is 0.226 e. The zero-order chi connectivity index (χ0) is 24.7. The van der Waals surface area contributed by atoms with Gasteiger partial charge in [0.05, 0.1) is 11.8 Å². The monoisotopic (exact) mass is 479 g/mol. The minimum atomic E-state index is -0.986. The van der Waals surface area contributed by atoms with Gasteiger partial charge in [-0.2, -0.15) is 0 Å². The molecule has 0 saturated carbocycles. The second kappa shape index (κ2) is 12.6. The number of carbonyl (C=O) groups excluding carboxylic acids is 2. The van der Waals surface area contributed by atoms with Crippen molar-refractivity contribution in [2.45, 2.75) is 84.4 Å². The van der Waals surface area contributed by atoms with Crippen LogP contribution in [0.3, 0.4) is 0 Å². The first-order valence-electron chi connectivity index (χ1n) is 12.7. The summed E-state index contributed by atoms with van der Waals surface area (Å²) >= 11 is 0. The van der Waals surface area contributed by atoms with Gasteiger partial charge in [-0.3, -0.25) is 9.59 Å². The summed E-state index contributed by atoms with van der Waals surface area (Å²) in [5.41, 5.74) is 0.826. The summed E-state index contributed by atoms with van der Waals surface area (Å²) in [6.07, 6.45) is 4.91. The molecule has 1 unspecified atom stereocenters. The molecule has 0 radical (unpaired) electrons. The lowest BCUT2D eigenvalue weighted by atomic mass is 10.1. The number of hydrogen-bond acceptors (Lipinski definition) is 4. The molecular formula is C26H39F2N3O3. The van der Waals surface area contributed by atoms with Crippen molar-refractivity contribution in [1.29, 1.82) is 0 Å². The second-order valence-electron chi connectivity index (χ2n) is 9.62. The van der Waals surface area contributed by atoms with Crippen LogP contribution in [0.25, 0.3) is 0 Å². The van der Waals surface area contributed by atoms with Gasteiger partial charge in [0.2, 0.25) is 11.8 Å². The number of hydrogen-bond donors (Lipinski definition) is 0. The Bertz CT molecular complexity index is 843. The molecule has 2 aliphatic heterocycles. The molecule has 1 atom stereocenters. The van der Waals surface area contributed by atoms with Crippen molar-refractivity contribution in [2.24, 2.45) is 0 Å². The molecule has 3 rings (SSSR count). The van der Waals surface area contributed by atoms with E-state index in [2.05, 4.69) is 18.7 Å². The standard InChI is InChI=1S/C26H39F2N3O3/c1-4-25(32)31-14-7-12-29(19(2)3)11-6-13-30(26(33)10-9-21-8-5-15-34-21)18-20-16-22(27)23(28)17-24(20)31/h16-17,19,21H,4-15,18H2,1-3H3. The summed E-state index contributed by atoms with van der Waals surface area (Å²) in [6, 6.07) is 2.59. The molecule has 0 spiro atoms. The largest absolute Gasteiger partial charge is 0.378 e. The van der Waals surface area contributed by atoms with Gasteiger partial charge in [0, 0.05) is 64.3 Å². The van der Waals surface area contributed by atoms with Crippen LogP contribution in [0.2, 0.25) is 0 Å². The van der Waals surface area contributed by atoms with Crippen molar-refractivity contribution < 1.29 is 23.1 Å². The van der Waals surface area contributed by atoms with E-state index >= 15 is 0 Å². The summed E-state index contributed by atoms with van der Waals surface area (Å²) < 4.78 is 34.3. The first kappa shape index (κ1) is 26.5. The predicted octanol–water partition coefficient (Wildman–Crippen LogP) is 4.50. The van der Waals surface area contributed by atoms with E-state index < -0.39 is 11.6 Å². The third-order valence-electron chi connectivity index (χ3n) is 6.86. The molecule has 2 aliphatic rings. The topological polar surface area (TPSA) is 53.1 Å². The van der Waals surface area contributed by atoms with E-state index in [0.717, 1.165) is 57.5 Å². The number of amides is 2. The number of halogens is 2. The molecular weight excluding hydrogens is 440 g/mol. The van der Waals surface area contributed by atoms with Crippen LogP contribution in [0.4, 0.5) is 14.5 Å². The van der Waals surface area contributed by atoms with Crippen molar-refractivity contribution in [3.8, 4) is 0 Å². The van der Waals surface area contributed by atoms with Crippen molar-refractivity contribution in [3.63, 3.8) is 0 Å². The lowest BCUT2D eigenvalue weighted by Crippen LogP contribution is -2.40. The van der Waals surface area contributed by atoms with E-state index in [-0.39, 0.29) is 30.9 Å². The summed E-state index contributed by atoms with van der Waals surface area (Å²) in [7, 11) is 0. The van der Waals surface area contributed by atoms with E-state index in [1.807, 2.05) is 0 Å². The van der Waals surface area contributed by atoms with Gasteiger partial charge in [0.25, 0.3) is 0 Å². The van der Waals surface area contributed by atoms with Gasteiger partial charge in [-0.05, 0) is 57.6 Å². The van der Waals surface area contributed by atoms with Crippen molar-refractivity contribution >= 4 is 17.5 Å². The SMILES string of the molecule is CCC(=O)N1CCCN(C(C)C)CCCN(C(=O)CCC2CCCO2)Cc2cc(F)c(F)cc21. The molecule has 1 aromatic carbocycles. The maximum Gasteiger partial charge on any atom is 0.226 e. The van der Waals surface area contributed by atoms with E-state index in [4.69, 9.17) is 4.74 Å². The Morgan fingerprint density at radius 1 is 1.03 bits per heavy atom. The molecule has 0 bridgehead atoms. The van der Waals surface area contributed by atoms with Crippen molar-refractivity contribution in [1.82, 2.24) is 9.80 Å². The van der Waals surface area contributed by atoms with Crippen LogP contribution >= 0.6 is 0 Å². The number of carbonyl (C=O) groups is 2. The Balaban J connectivity index is 1.91. The Morgan fingerprint density at radius 2 is 1.74 bits per heavy atom. The quantitative estimate of drug-likeness (QED) is 0.624. The van der Waals surface area contributed by atoms with Gasteiger partial charge in [-0.1, -0.05) is 6.92 Å². The highest BCUT2D eigenvalue weighted by atomic mass is 19.2. The van der Waals surface area contributed by atoms with Gasteiger partial charge in [0.1, 0.15) is 0 Å². The number of ether oxygens (including phenoxy) is 1. The number of rotatable bonds is 5. The van der Waals surface area contributed by atoms with Crippen LogP contribution in [0, 0.1) is 11.6 Å². The maximum atomic E-state index is 14.3. The van der Waals surface area contributed by atoms with Crippen LogP contribution in [-0.2, 0) is 20.9 Å². The maximum absolute atomic E-state index is 14.3. The van der Waals surface area contributed by atoms with Crippen LogP contribution in [0.15, 0.2) is 12.1 Å². The highest BCUT2D eigenvalue weighted by Gasteiger charge is 2.25. The average molecular weight is 480 g/mol. The first-order valence-corrected chi connectivity index (χ1v) is 12.7. The normalized spacial score (nSPS) is 20.7. The second-order valence-corrected chi connectivity index (χ2v) is 9.62. The molecule has 8 heteroatoms. The van der Waals surface area contributed by atoms with Crippen LogP contribution in [0.1, 0.15) is 71.3 Å². The van der Waals surface area contributed by atoms with Crippen LogP contribution < -0.4 is 4.90 Å². The van der Waals surface area contributed by atoms with Gasteiger partial charge in [-0.25, -0.2) is 8.78 Å². The first-order chi connectivity index (χ1) is 16.3. The molecule has 34 heavy (non-hydrogen) atoms. The average Bonchev–Trinajstić information content (AvgIpc) is 3.33.